The number of aromatic amines is 1. The number of rotatable bonds is 4. The molecule has 1 aromatic carbocycles. The number of anilines is 1. The summed E-state index contributed by atoms with van der Waals surface area (Å²) in [6.45, 7) is 0. The maximum absolute atomic E-state index is 12.0. The molecular weight excluding hydrogens is 312 g/mol. The number of fused-ring (bicyclic) bond motifs is 1. The van der Waals surface area contributed by atoms with Crippen LogP contribution in [0.4, 0.5) is 5.69 Å². The maximum Gasteiger partial charge on any atom is 0.335 e. The summed E-state index contributed by atoms with van der Waals surface area (Å²) in [5.41, 5.74) is 9.52. The highest BCUT2D eigenvalue weighted by Gasteiger charge is 2.19. The van der Waals surface area contributed by atoms with Crippen molar-refractivity contribution in [3.05, 3.63) is 56.9 Å². The Bertz CT molecular complexity index is 797. The average Bonchev–Trinajstić information content (AvgIpc) is 2.57. The third-order valence-corrected chi connectivity index (χ3v) is 5.24. The summed E-state index contributed by atoms with van der Waals surface area (Å²) in [7, 11) is 0. The summed E-state index contributed by atoms with van der Waals surface area (Å²) >= 11 is 1.57. The molecule has 0 bridgehead atoms. The molecule has 0 saturated carbocycles. The second-order valence-electron chi connectivity index (χ2n) is 5.65. The Morgan fingerprint density at radius 1 is 1.17 bits per heavy atom. The van der Waals surface area contributed by atoms with Crippen molar-refractivity contribution >= 4 is 23.4 Å². The normalized spacial score (nSPS) is 13.6. The van der Waals surface area contributed by atoms with Crippen LogP contribution in [0.25, 0.3) is 0 Å². The molecule has 23 heavy (non-hydrogen) atoms. The lowest BCUT2D eigenvalue weighted by molar-refractivity contribution is 0.0697. The van der Waals surface area contributed by atoms with Crippen LogP contribution in [0.5, 0.6) is 0 Å². The van der Waals surface area contributed by atoms with Crippen molar-refractivity contribution < 1.29 is 9.90 Å². The van der Waals surface area contributed by atoms with Gasteiger partial charge in [0.1, 0.15) is 5.69 Å². The number of carboxylic acids is 1. The van der Waals surface area contributed by atoms with Gasteiger partial charge in [-0.1, -0.05) is 12.1 Å². The van der Waals surface area contributed by atoms with E-state index >= 15 is 0 Å². The van der Waals surface area contributed by atoms with Crippen LogP contribution in [0.1, 0.15) is 39.9 Å². The molecule has 0 fully saturated rings. The quantitative estimate of drug-likeness (QED) is 0.749. The number of thioether (sulfide) groups is 1. The number of H-pyrrole nitrogens is 1. The standard InChI is InChI=1S/C17H18N2O3S/c18-14-12-3-1-2-4-13(12)16(19-15(14)20)23-9-10-5-7-11(8-6-10)17(21)22/h5-8H,1-4,9,18H2,(H,19,20)(H,21,22). The van der Waals surface area contributed by atoms with E-state index in [9.17, 15) is 9.59 Å². The van der Waals surface area contributed by atoms with Gasteiger partial charge >= 0.3 is 5.97 Å². The van der Waals surface area contributed by atoms with Gasteiger partial charge in [0, 0.05) is 5.75 Å². The van der Waals surface area contributed by atoms with E-state index in [1.54, 1.807) is 36.0 Å². The lowest BCUT2D eigenvalue weighted by Crippen LogP contribution is -2.20. The van der Waals surface area contributed by atoms with Gasteiger partial charge in [0.15, 0.2) is 0 Å². The molecule has 1 aliphatic carbocycles. The Morgan fingerprint density at radius 2 is 1.83 bits per heavy atom. The first-order chi connectivity index (χ1) is 11.1. The maximum atomic E-state index is 12.0. The average molecular weight is 330 g/mol. The summed E-state index contributed by atoms with van der Waals surface area (Å²) in [5, 5.41) is 9.81. The molecule has 4 N–H and O–H groups in total. The molecule has 0 saturated heterocycles. The van der Waals surface area contributed by atoms with E-state index < -0.39 is 5.97 Å². The van der Waals surface area contributed by atoms with Gasteiger partial charge in [0.05, 0.1) is 10.6 Å². The highest BCUT2D eigenvalue weighted by molar-refractivity contribution is 7.98. The van der Waals surface area contributed by atoms with Crippen molar-refractivity contribution in [2.24, 2.45) is 0 Å². The van der Waals surface area contributed by atoms with Crippen LogP contribution >= 0.6 is 11.8 Å². The zero-order valence-corrected chi connectivity index (χ0v) is 13.4. The number of aromatic carboxylic acids is 1. The summed E-state index contributed by atoms with van der Waals surface area (Å²) in [5.74, 6) is -0.257. The van der Waals surface area contributed by atoms with E-state index in [1.165, 1.54) is 5.56 Å². The molecule has 1 heterocycles. The number of hydrogen-bond acceptors (Lipinski definition) is 4. The van der Waals surface area contributed by atoms with Gasteiger partial charge in [0.2, 0.25) is 0 Å². The first-order valence-electron chi connectivity index (χ1n) is 7.55. The number of carboxylic acid groups (broad SMARTS) is 1. The molecule has 0 aliphatic heterocycles. The number of pyridine rings is 1. The zero-order chi connectivity index (χ0) is 16.4. The molecule has 0 unspecified atom stereocenters. The number of hydrogen-bond donors (Lipinski definition) is 3. The molecule has 5 nitrogen and oxygen atoms in total. The molecule has 3 rings (SSSR count). The molecule has 6 heteroatoms. The lowest BCUT2D eigenvalue weighted by Gasteiger charge is -2.20. The fraction of sp³-hybridized carbons (Fsp3) is 0.294. The van der Waals surface area contributed by atoms with Crippen molar-refractivity contribution in [2.75, 3.05) is 5.73 Å². The number of carbonyl (C=O) groups is 1. The predicted molar refractivity (Wildman–Crippen MR) is 91.1 cm³/mol. The van der Waals surface area contributed by atoms with Gasteiger partial charge < -0.3 is 15.8 Å². The highest BCUT2D eigenvalue weighted by atomic mass is 32.2. The molecular formula is C17H18N2O3S. The Balaban J connectivity index is 1.82. The van der Waals surface area contributed by atoms with Crippen LogP contribution in [-0.2, 0) is 18.6 Å². The molecule has 0 amide bonds. The molecule has 0 atom stereocenters. The SMILES string of the molecule is Nc1c2c(c(SCc3ccc(C(=O)O)cc3)[nH]c1=O)CCCC2. The minimum atomic E-state index is -0.930. The van der Waals surface area contributed by atoms with Gasteiger partial charge in [-0.05, 0) is 54.5 Å². The van der Waals surface area contributed by atoms with E-state index in [0.29, 0.717) is 11.4 Å². The Labute approximate surface area is 137 Å². The monoisotopic (exact) mass is 330 g/mol. The van der Waals surface area contributed by atoms with E-state index in [2.05, 4.69) is 4.98 Å². The number of aromatic nitrogens is 1. The molecule has 0 radical (unpaired) electrons. The third-order valence-electron chi connectivity index (χ3n) is 4.12. The fourth-order valence-corrected chi connectivity index (χ4v) is 3.93. The molecule has 2 aromatic rings. The number of benzene rings is 1. The van der Waals surface area contributed by atoms with Crippen LogP contribution in [0.15, 0.2) is 34.1 Å². The number of nitrogens with two attached hydrogens (primary N) is 1. The van der Waals surface area contributed by atoms with Crippen LogP contribution in [0.2, 0.25) is 0 Å². The Morgan fingerprint density at radius 3 is 2.48 bits per heavy atom. The van der Waals surface area contributed by atoms with Crippen molar-refractivity contribution in [3.63, 3.8) is 0 Å². The summed E-state index contributed by atoms with van der Waals surface area (Å²) in [6, 6.07) is 6.80. The van der Waals surface area contributed by atoms with E-state index in [-0.39, 0.29) is 11.1 Å². The Kier molecular flexibility index (Phi) is 4.43. The molecule has 1 aromatic heterocycles. The van der Waals surface area contributed by atoms with Gasteiger partial charge in [-0.3, -0.25) is 4.79 Å². The van der Waals surface area contributed by atoms with Crippen LogP contribution in [0, 0.1) is 0 Å². The smallest absolute Gasteiger partial charge is 0.335 e. The third kappa shape index (κ3) is 3.27. The minimum absolute atomic E-state index is 0.214. The largest absolute Gasteiger partial charge is 0.478 e. The van der Waals surface area contributed by atoms with Crippen molar-refractivity contribution in [1.82, 2.24) is 4.98 Å². The van der Waals surface area contributed by atoms with Crippen molar-refractivity contribution in [3.8, 4) is 0 Å². The van der Waals surface area contributed by atoms with Gasteiger partial charge in [0.25, 0.3) is 5.56 Å². The summed E-state index contributed by atoms with van der Waals surface area (Å²) in [4.78, 5) is 25.7. The first-order valence-corrected chi connectivity index (χ1v) is 8.53. The first kappa shape index (κ1) is 15.7. The van der Waals surface area contributed by atoms with E-state index in [4.69, 9.17) is 10.8 Å². The summed E-state index contributed by atoms with van der Waals surface area (Å²) < 4.78 is 0. The highest BCUT2D eigenvalue weighted by Crippen LogP contribution is 2.32. The topological polar surface area (TPSA) is 96.2 Å². The molecule has 1 aliphatic rings. The van der Waals surface area contributed by atoms with Crippen LogP contribution in [0.3, 0.4) is 0 Å². The van der Waals surface area contributed by atoms with Crippen molar-refractivity contribution in [1.29, 1.82) is 0 Å². The van der Waals surface area contributed by atoms with Gasteiger partial charge in [-0.25, -0.2) is 4.79 Å². The second-order valence-corrected chi connectivity index (χ2v) is 6.64. The predicted octanol–water partition coefficient (Wildman–Crippen LogP) is 2.83. The van der Waals surface area contributed by atoms with Crippen molar-refractivity contribution in [2.45, 2.75) is 36.5 Å². The number of nitrogens with one attached hydrogen (secondary N) is 1. The fourth-order valence-electron chi connectivity index (χ4n) is 2.86. The zero-order valence-electron chi connectivity index (χ0n) is 12.6. The molecule has 120 valence electrons. The van der Waals surface area contributed by atoms with Crippen LogP contribution in [-0.4, -0.2) is 16.1 Å². The van der Waals surface area contributed by atoms with E-state index in [0.717, 1.165) is 41.8 Å². The number of nitrogen functional groups attached to an aromatic ring is 1. The molecule has 0 spiro atoms. The van der Waals surface area contributed by atoms with Gasteiger partial charge in [-0.15, -0.1) is 11.8 Å². The van der Waals surface area contributed by atoms with E-state index in [1.807, 2.05) is 0 Å². The van der Waals surface area contributed by atoms with Crippen LogP contribution < -0.4 is 11.3 Å². The Hall–Kier alpha value is -2.21. The minimum Gasteiger partial charge on any atom is -0.478 e. The van der Waals surface area contributed by atoms with Gasteiger partial charge in [-0.2, -0.15) is 0 Å². The second kappa shape index (κ2) is 6.50. The summed E-state index contributed by atoms with van der Waals surface area (Å²) in [6.07, 6.45) is 3.99. The lowest BCUT2D eigenvalue weighted by atomic mass is 9.92.